The van der Waals surface area contributed by atoms with E-state index in [1.54, 1.807) is 0 Å². The van der Waals surface area contributed by atoms with Crippen LogP contribution in [0.1, 0.15) is 30.4 Å². The maximum Gasteiger partial charge on any atom is 0.0930 e. The van der Waals surface area contributed by atoms with Crippen LogP contribution in [0.5, 0.6) is 0 Å². The third kappa shape index (κ3) is 3.10. The average Bonchev–Trinajstić information content (AvgIpc) is 2.91. The number of benzene rings is 3. The van der Waals surface area contributed by atoms with E-state index >= 15 is 0 Å². The lowest BCUT2D eigenvalue weighted by molar-refractivity contribution is 0.657. The van der Waals surface area contributed by atoms with Crippen molar-refractivity contribution >= 4 is 33.5 Å². The molecule has 1 aliphatic heterocycles. The Morgan fingerprint density at radius 3 is 2.24 bits per heavy atom. The van der Waals surface area contributed by atoms with E-state index in [9.17, 15) is 0 Å². The van der Waals surface area contributed by atoms with Crippen LogP contribution >= 0.6 is 0 Å². The van der Waals surface area contributed by atoms with E-state index in [0.29, 0.717) is 5.92 Å². The Kier molecular flexibility index (Phi) is 4.44. The molecule has 1 unspecified atom stereocenters. The number of fused-ring (bicyclic) bond motifs is 4. The summed E-state index contributed by atoms with van der Waals surface area (Å²) in [5.41, 5.74) is 10.1. The van der Waals surface area contributed by atoms with Crippen LogP contribution in [0.2, 0.25) is 0 Å². The van der Waals surface area contributed by atoms with Crippen molar-refractivity contribution in [2.24, 2.45) is 10.9 Å². The monoisotopic (exact) mass is 436 g/mol. The number of para-hydroxylation sites is 1. The van der Waals surface area contributed by atoms with E-state index in [1.807, 2.05) is 0 Å². The fourth-order valence-corrected chi connectivity index (χ4v) is 5.70. The van der Waals surface area contributed by atoms with Gasteiger partial charge in [0.25, 0.3) is 0 Å². The van der Waals surface area contributed by atoms with Gasteiger partial charge in [0.15, 0.2) is 0 Å². The molecule has 0 saturated heterocycles. The average molecular weight is 437 g/mol. The molecule has 0 radical (unpaired) electrons. The highest BCUT2D eigenvalue weighted by molar-refractivity contribution is 6.13. The number of aromatic nitrogens is 1. The van der Waals surface area contributed by atoms with E-state index in [1.165, 1.54) is 49.9 Å². The summed E-state index contributed by atoms with van der Waals surface area (Å²) in [5.74, 6) is 0.334. The molecule has 0 saturated carbocycles. The quantitative estimate of drug-likeness (QED) is 0.389. The molecule has 0 bridgehead atoms. The highest BCUT2D eigenvalue weighted by Gasteiger charge is 2.32. The Morgan fingerprint density at radius 1 is 0.706 bits per heavy atom. The molecule has 0 fully saturated rings. The van der Waals surface area contributed by atoms with Gasteiger partial charge in [0.1, 0.15) is 0 Å². The zero-order valence-electron chi connectivity index (χ0n) is 18.9. The third-order valence-corrected chi connectivity index (χ3v) is 7.31. The van der Waals surface area contributed by atoms with Gasteiger partial charge in [-0.2, -0.15) is 0 Å². The number of hydrogen-bond donors (Lipinski definition) is 0. The Hall–Kier alpha value is -4.04. The second kappa shape index (κ2) is 7.78. The molecule has 3 aromatic carbocycles. The summed E-state index contributed by atoms with van der Waals surface area (Å²) in [7, 11) is 0. The van der Waals surface area contributed by atoms with Crippen LogP contribution < -0.4 is 10.6 Å². The Morgan fingerprint density at radius 2 is 1.41 bits per heavy atom. The van der Waals surface area contributed by atoms with Gasteiger partial charge in [-0.15, -0.1) is 0 Å². The van der Waals surface area contributed by atoms with Crippen molar-refractivity contribution < 1.29 is 0 Å². The van der Waals surface area contributed by atoms with E-state index in [2.05, 4.69) is 103 Å². The SMILES string of the molecule is C1=CC(c2ccccc2)=C2CC3CC(c4ccccc4)=c4cc5ccccc5nc4=C3N=C2C1. The summed E-state index contributed by atoms with van der Waals surface area (Å²) >= 11 is 0. The first-order valence-electron chi connectivity index (χ1n) is 12.1. The smallest absolute Gasteiger partial charge is 0.0930 e. The van der Waals surface area contributed by atoms with E-state index in [0.717, 1.165) is 30.1 Å². The minimum Gasteiger partial charge on any atom is -0.255 e. The molecule has 3 aliphatic rings. The van der Waals surface area contributed by atoms with E-state index in [-0.39, 0.29) is 0 Å². The standard InChI is InChI=1S/C32H24N2/c1-3-10-21(11-4-1)25-15-9-17-30-27(25)20-24-19-26(22-12-5-2-6-13-22)28-18-23-14-7-8-16-29(23)33-32(28)31(24)34-30/h1-16,18,24H,17,19-20H2. The van der Waals surface area contributed by atoms with Crippen molar-refractivity contribution in [2.75, 3.05) is 0 Å². The minimum absolute atomic E-state index is 0.334. The van der Waals surface area contributed by atoms with Crippen LogP contribution in [-0.4, -0.2) is 10.7 Å². The molecule has 4 aromatic rings. The second-order valence-corrected chi connectivity index (χ2v) is 9.34. The van der Waals surface area contributed by atoms with Gasteiger partial charge in [-0.05, 0) is 52.8 Å². The molecule has 0 N–H and O–H groups in total. The van der Waals surface area contributed by atoms with Crippen LogP contribution in [0, 0.1) is 5.92 Å². The molecule has 2 nitrogen and oxygen atoms in total. The van der Waals surface area contributed by atoms with Crippen LogP contribution in [0.4, 0.5) is 0 Å². The topological polar surface area (TPSA) is 25.2 Å². The van der Waals surface area contributed by atoms with Crippen LogP contribution in [0.3, 0.4) is 0 Å². The summed E-state index contributed by atoms with van der Waals surface area (Å²) in [6.45, 7) is 0. The number of nitrogens with zero attached hydrogens (tertiary/aromatic N) is 2. The van der Waals surface area contributed by atoms with Crippen LogP contribution in [-0.2, 0) is 0 Å². The lowest BCUT2D eigenvalue weighted by Gasteiger charge is -2.32. The van der Waals surface area contributed by atoms with E-state index in [4.69, 9.17) is 9.98 Å². The summed E-state index contributed by atoms with van der Waals surface area (Å²) < 4.78 is 0. The van der Waals surface area contributed by atoms with Crippen molar-refractivity contribution in [3.8, 4) is 0 Å². The van der Waals surface area contributed by atoms with Crippen LogP contribution in [0.25, 0.3) is 27.7 Å². The first kappa shape index (κ1) is 19.4. The summed E-state index contributed by atoms with van der Waals surface area (Å²) in [6.07, 6.45) is 7.43. The number of rotatable bonds is 2. The first-order valence-corrected chi connectivity index (χ1v) is 12.1. The molecular formula is C32H24N2. The molecule has 1 atom stereocenters. The molecule has 162 valence electrons. The molecule has 0 spiro atoms. The predicted octanol–water partition coefficient (Wildman–Crippen LogP) is 5.82. The highest BCUT2D eigenvalue weighted by atomic mass is 14.8. The lowest BCUT2D eigenvalue weighted by Crippen LogP contribution is -2.40. The van der Waals surface area contributed by atoms with Crippen molar-refractivity contribution in [3.63, 3.8) is 0 Å². The predicted molar refractivity (Wildman–Crippen MR) is 141 cm³/mol. The third-order valence-electron chi connectivity index (χ3n) is 7.31. The number of hydrogen-bond acceptors (Lipinski definition) is 2. The van der Waals surface area contributed by atoms with Crippen molar-refractivity contribution in [1.82, 2.24) is 4.98 Å². The number of pyridine rings is 1. The summed E-state index contributed by atoms with van der Waals surface area (Å²) in [5, 5.41) is 3.49. The number of allylic oxidation sites excluding steroid dienone is 4. The van der Waals surface area contributed by atoms with Gasteiger partial charge in [0.05, 0.1) is 16.6 Å². The summed E-state index contributed by atoms with van der Waals surface area (Å²) in [6, 6.07) is 32.3. The zero-order chi connectivity index (χ0) is 22.5. The molecule has 2 heteroatoms. The van der Waals surface area contributed by atoms with Gasteiger partial charge >= 0.3 is 0 Å². The normalized spacial score (nSPS) is 18.9. The van der Waals surface area contributed by atoms with Crippen molar-refractivity contribution in [1.29, 1.82) is 0 Å². The zero-order valence-corrected chi connectivity index (χ0v) is 18.9. The van der Waals surface area contributed by atoms with E-state index < -0.39 is 0 Å². The van der Waals surface area contributed by atoms with Gasteiger partial charge in [-0.1, -0.05) is 91.0 Å². The first-order chi connectivity index (χ1) is 16.8. The molecular weight excluding hydrogens is 412 g/mol. The Balaban J connectivity index is 1.52. The fourth-order valence-electron chi connectivity index (χ4n) is 5.70. The highest BCUT2D eigenvalue weighted by Crippen LogP contribution is 2.41. The number of aliphatic imine (C=N–C) groups is 1. The lowest BCUT2D eigenvalue weighted by atomic mass is 9.76. The maximum atomic E-state index is 5.33. The minimum atomic E-state index is 0.334. The molecule has 0 amide bonds. The van der Waals surface area contributed by atoms with Gasteiger partial charge < -0.3 is 0 Å². The van der Waals surface area contributed by atoms with Crippen molar-refractivity contribution in [2.45, 2.75) is 19.3 Å². The Bertz CT molecular complexity index is 1650. The molecule has 7 rings (SSSR count). The fraction of sp³-hybridized carbons (Fsp3) is 0.125. The molecule has 2 aliphatic carbocycles. The molecule has 1 aromatic heterocycles. The maximum absolute atomic E-state index is 5.33. The van der Waals surface area contributed by atoms with Gasteiger partial charge in [-0.3, -0.25) is 4.99 Å². The second-order valence-electron chi connectivity index (χ2n) is 9.34. The Labute approximate surface area is 199 Å². The largest absolute Gasteiger partial charge is 0.255 e. The van der Waals surface area contributed by atoms with Gasteiger partial charge in [-0.25, -0.2) is 4.98 Å². The summed E-state index contributed by atoms with van der Waals surface area (Å²) in [4.78, 5) is 10.5. The van der Waals surface area contributed by atoms with Gasteiger partial charge in [0.2, 0.25) is 0 Å². The molecule has 34 heavy (non-hydrogen) atoms. The van der Waals surface area contributed by atoms with Gasteiger partial charge in [0, 0.05) is 28.7 Å². The molecule has 2 heterocycles. The van der Waals surface area contributed by atoms with Crippen molar-refractivity contribution in [3.05, 3.63) is 130 Å². The van der Waals surface area contributed by atoms with Crippen LogP contribution in [0.15, 0.2) is 114 Å².